The Balaban J connectivity index is 1.84. The number of halogens is 2. The number of rotatable bonds is 5. The van der Waals surface area contributed by atoms with Gasteiger partial charge in [0, 0.05) is 29.6 Å². The molecule has 2 amide bonds. The fourth-order valence-corrected chi connectivity index (χ4v) is 2.90. The van der Waals surface area contributed by atoms with Crippen molar-refractivity contribution in [1.82, 2.24) is 5.32 Å². The van der Waals surface area contributed by atoms with Gasteiger partial charge in [-0.15, -0.1) is 0 Å². The van der Waals surface area contributed by atoms with Crippen LogP contribution in [0.4, 0.5) is 14.5 Å². The molecule has 132 valence electrons. The van der Waals surface area contributed by atoms with Gasteiger partial charge in [-0.3, -0.25) is 9.59 Å². The molecule has 1 saturated carbocycles. The summed E-state index contributed by atoms with van der Waals surface area (Å²) in [6.45, 7) is 3.99. The molecule has 24 heavy (non-hydrogen) atoms. The highest BCUT2D eigenvalue weighted by Crippen LogP contribution is 2.30. The Hall–Kier alpha value is -1.98. The molecule has 0 aliphatic heterocycles. The molecular formula is C18H24F2N2O2. The first-order chi connectivity index (χ1) is 11.4. The summed E-state index contributed by atoms with van der Waals surface area (Å²) in [6, 6.07) is 3.45. The third kappa shape index (κ3) is 4.76. The Morgan fingerprint density at radius 3 is 2.21 bits per heavy atom. The molecule has 1 fully saturated rings. The lowest BCUT2D eigenvalue weighted by Crippen LogP contribution is -2.39. The van der Waals surface area contributed by atoms with Gasteiger partial charge >= 0.3 is 0 Å². The Labute approximate surface area is 141 Å². The molecule has 0 radical (unpaired) electrons. The van der Waals surface area contributed by atoms with E-state index in [1.165, 1.54) is 6.07 Å². The van der Waals surface area contributed by atoms with Gasteiger partial charge in [-0.1, -0.05) is 6.92 Å². The highest BCUT2D eigenvalue weighted by molar-refractivity contribution is 5.92. The lowest BCUT2D eigenvalue weighted by Gasteiger charge is -2.28. The molecular weight excluding hydrogens is 314 g/mol. The third-order valence-corrected chi connectivity index (χ3v) is 4.66. The summed E-state index contributed by atoms with van der Waals surface area (Å²) in [7, 11) is 0. The van der Waals surface area contributed by atoms with Crippen molar-refractivity contribution in [2.45, 2.75) is 52.0 Å². The van der Waals surface area contributed by atoms with E-state index in [4.69, 9.17) is 0 Å². The minimum absolute atomic E-state index is 0.0497. The van der Waals surface area contributed by atoms with Gasteiger partial charge in [0.25, 0.3) is 0 Å². The first-order valence-corrected chi connectivity index (χ1v) is 8.47. The van der Waals surface area contributed by atoms with Crippen LogP contribution in [0.1, 0.15) is 46.0 Å². The second-order valence-corrected chi connectivity index (χ2v) is 6.48. The first kappa shape index (κ1) is 18.4. The van der Waals surface area contributed by atoms with Crippen LogP contribution in [-0.4, -0.2) is 17.9 Å². The van der Waals surface area contributed by atoms with E-state index in [1.807, 2.05) is 13.8 Å². The highest BCUT2D eigenvalue weighted by atomic mass is 19.2. The summed E-state index contributed by atoms with van der Waals surface area (Å²) >= 11 is 0. The van der Waals surface area contributed by atoms with Gasteiger partial charge in [0.15, 0.2) is 11.6 Å². The van der Waals surface area contributed by atoms with E-state index in [9.17, 15) is 18.4 Å². The normalized spacial score (nSPS) is 21.8. The van der Waals surface area contributed by atoms with Crippen molar-refractivity contribution in [2.24, 2.45) is 11.8 Å². The lowest BCUT2D eigenvalue weighted by atomic mass is 9.81. The zero-order valence-corrected chi connectivity index (χ0v) is 14.1. The molecule has 4 nitrogen and oxygen atoms in total. The monoisotopic (exact) mass is 338 g/mol. The Morgan fingerprint density at radius 1 is 1.08 bits per heavy atom. The van der Waals surface area contributed by atoms with Crippen molar-refractivity contribution < 1.29 is 18.4 Å². The maximum absolute atomic E-state index is 13.2. The number of anilines is 1. The van der Waals surface area contributed by atoms with Crippen molar-refractivity contribution in [3.63, 3.8) is 0 Å². The zero-order valence-electron chi connectivity index (χ0n) is 14.1. The number of carbonyl (C=O) groups excluding carboxylic acids is 2. The van der Waals surface area contributed by atoms with E-state index >= 15 is 0 Å². The van der Waals surface area contributed by atoms with Crippen LogP contribution in [0.5, 0.6) is 0 Å². The number of hydrogen-bond acceptors (Lipinski definition) is 2. The summed E-state index contributed by atoms with van der Waals surface area (Å²) in [5.74, 6) is -2.33. The van der Waals surface area contributed by atoms with E-state index in [1.54, 1.807) is 0 Å². The molecule has 1 aromatic carbocycles. The van der Waals surface area contributed by atoms with Crippen molar-refractivity contribution >= 4 is 17.5 Å². The van der Waals surface area contributed by atoms with Crippen LogP contribution in [0.25, 0.3) is 0 Å². The topological polar surface area (TPSA) is 58.2 Å². The van der Waals surface area contributed by atoms with E-state index in [0.717, 1.165) is 18.6 Å². The second-order valence-electron chi connectivity index (χ2n) is 6.48. The molecule has 2 rings (SSSR count). The molecule has 0 spiro atoms. The van der Waals surface area contributed by atoms with E-state index in [2.05, 4.69) is 10.6 Å². The summed E-state index contributed by atoms with van der Waals surface area (Å²) in [5, 5.41) is 5.60. The smallest absolute Gasteiger partial charge is 0.227 e. The number of benzene rings is 1. The van der Waals surface area contributed by atoms with Crippen LogP contribution in [0.2, 0.25) is 0 Å². The van der Waals surface area contributed by atoms with Crippen LogP contribution in [0.3, 0.4) is 0 Å². The van der Waals surface area contributed by atoms with Crippen LogP contribution < -0.4 is 10.6 Å². The van der Waals surface area contributed by atoms with Gasteiger partial charge in [0.2, 0.25) is 11.8 Å². The van der Waals surface area contributed by atoms with Crippen LogP contribution in [0.15, 0.2) is 18.2 Å². The number of hydrogen-bond donors (Lipinski definition) is 2. The van der Waals surface area contributed by atoms with Gasteiger partial charge in [0.1, 0.15) is 0 Å². The molecule has 2 N–H and O–H groups in total. The maximum atomic E-state index is 13.2. The standard InChI is InChI=1S/C18H24F2N2O2/c1-3-11(2)21-17(23)12-4-6-13(7-5-12)18(24)22-14-8-9-15(19)16(20)10-14/h8-13H,3-7H2,1-2H3,(H,21,23)(H,22,24). The molecule has 0 aromatic heterocycles. The number of nitrogens with one attached hydrogen (secondary N) is 2. The molecule has 0 bridgehead atoms. The van der Waals surface area contributed by atoms with Crippen molar-refractivity contribution in [3.05, 3.63) is 29.8 Å². The average molecular weight is 338 g/mol. The number of carbonyl (C=O) groups is 2. The predicted molar refractivity (Wildman–Crippen MR) is 88.3 cm³/mol. The third-order valence-electron chi connectivity index (χ3n) is 4.66. The largest absolute Gasteiger partial charge is 0.353 e. The Kier molecular flexibility index (Phi) is 6.29. The fourth-order valence-electron chi connectivity index (χ4n) is 2.90. The molecule has 0 heterocycles. The van der Waals surface area contributed by atoms with Crippen molar-refractivity contribution in [3.8, 4) is 0 Å². The summed E-state index contributed by atoms with van der Waals surface area (Å²) in [4.78, 5) is 24.4. The van der Waals surface area contributed by atoms with Gasteiger partial charge in [0.05, 0.1) is 0 Å². The minimum Gasteiger partial charge on any atom is -0.353 e. The molecule has 1 atom stereocenters. The van der Waals surface area contributed by atoms with Gasteiger partial charge < -0.3 is 10.6 Å². The quantitative estimate of drug-likeness (QED) is 0.861. The van der Waals surface area contributed by atoms with E-state index in [-0.39, 0.29) is 35.4 Å². The number of amides is 2. The second kappa shape index (κ2) is 8.22. The first-order valence-electron chi connectivity index (χ1n) is 8.47. The lowest BCUT2D eigenvalue weighted by molar-refractivity contribution is -0.129. The summed E-state index contributed by atoms with van der Waals surface area (Å²) in [5.41, 5.74) is 0.246. The zero-order chi connectivity index (χ0) is 17.7. The van der Waals surface area contributed by atoms with Crippen LogP contribution in [0, 0.1) is 23.5 Å². The Morgan fingerprint density at radius 2 is 1.67 bits per heavy atom. The molecule has 1 aliphatic carbocycles. The molecule has 0 saturated heterocycles. The minimum atomic E-state index is -0.988. The van der Waals surface area contributed by atoms with Gasteiger partial charge in [-0.2, -0.15) is 0 Å². The molecule has 1 aromatic rings. The van der Waals surface area contributed by atoms with Crippen molar-refractivity contribution in [2.75, 3.05) is 5.32 Å². The SMILES string of the molecule is CCC(C)NC(=O)C1CCC(C(=O)Nc2ccc(F)c(F)c2)CC1. The predicted octanol–water partition coefficient (Wildman–Crippen LogP) is 3.62. The highest BCUT2D eigenvalue weighted by Gasteiger charge is 2.30. The Bertz CT molecular complexity index is 599. The van der Waals surface area contributed by atoms with Gasteiger partial charge in [-0.25, -0.2) is 8.78 Å². The van der Waals surface area contributed by atoms with Crippen LogP contribution in [-0.2, 0) is 9.59 Å². The van der Waals surface area contributed by atoms with Gasteiger partial charge in [-0.05, 0) is 51.2 Å². The molecule has 6 heteroatoms. The summed E-state index contributed by atoms with van der Waals surface area (Å²) < 4.78 is 26.1. The van der Waals surface area contributed by atoms with Crippen LogP contribution >= 0.6 is 0 Å². The molecule has 1 unspecified atom stereocenters. The maximum Gasteiger partial charge on any atom is 0.227 e. The average Bonchev–Trinajstić information content (AvgIpc) is 2.58. The van der Waals surface area contributed by atoms with E-state index in [0.29, 0.717) is 25.7 Å². The molecule has 1 aliphatic rings. The van der Waals surface area contributed by atoms with E-state index < -0.39 is 11.6 Å². The van der Waals surface area contributed by atoms with Crippen molar-refractivity contribution in [1.29, 1.82) is 0 Å². The fraction of sp³-hybridized carbons (Fsp3) is 0.556. The summed E-state index contributed by atoms with van der Waals surface area (Å²) in [6.07, 6.45) is 3.45.